The fraction of sp³-hybridized carbons (Fsp3) is 0.600. The number of nitrogens with two attached hydrogens (primary N) is 1. The second kappa shape index (κ2) is 4.55. The molecule has 0 atom stereocenters. The van der Waals surface area contributed by atoms with Gasteiger partial charge in [0.15, 0.2) is 0 Å². The Kier molecular flexibility index (Phi) is 3.13. The first kappa shape index (κ1) is 10.3. The second-order valence-electron chi connectivity index (χ2n) is 3.87. The van der Waals surface area contributed by atoms with Gasteiger partial charge < -0.3 is 20.9 Å². The van der Waals surface area contributed by atoms with Crippen LogP contribution in [0.2, 0.25) is 0 Å². The van der Waals surface area contributed by atoms with E-state index < -0.39 is 0 Å². The Morgan fingerprint density at radius 3 is 3.00 bits per heavy atom. The molecule has 0 aliphatic carbocycles. The van der Waals surface area contributed by atoms with Crippen LogP contribution in [0.3, 0.4) is 0 Å². The molecule has 2 heterocycles. The van der Waals surface area contributed by atoms with Crippen LogP contribution < -0.4 is 10.6 Å². The summed E-state index contributed by atoms with van der Waals surface area (Å²) in [6.45, 7) is 3.51. The molecule has 15 heavy (non-hydrogen) atoms. The van der Waals surface area contributed by atoms with Crippen molar-refractivity contribution in [1.29, 1.82) is 5.41 Å². The van der Waals surface area contributed by atoms with Gasteiger partial charge in [0.1, 0.15) is 11.4 Å². The van der Waals surface area contributed by atoms with Crippen LogP contribution in [0.1, 0.15) is 12.8 Å². The number of carbonyl (C=O) groups is 1. The molecule has 0 bridgehead atoms. The second-order valence-corrected chi connectivity index (χ2v) is 3.87. The fourth-order valence-corrected chi connectivity index (χ4v) is 2.09. The molecular weight excluding hydrogens is 192 g/mol. The monoisotopic (exact) mass is 209 g/mol. The van der Waals surface area contributed by atoms with E-state index in [4.69, 9.17) is 5.41 Å². The first-order valence-corrected chi connectivity index (χ1v) is 5.41. The standard InChI is InChI=1S/C10H16N4O/c11-6-9(8-7-12-3-4-13-8)14-5-1-2-10(14)15/h6,11-13H,1-5,7H2/p+1. The summed E-state index contributed by atoms with van der Waals surface area (Å²) in [4.78, 5) is 13.3. The fourth-order valence-electron chi connectivity index (χ4n) is 2.09. The van der Waals surface area contributed by atoms with Crippen molar-refractivity contribution in [2.75, 3.05) is 26.2 Å². The number of nitrogens with one attached hydrogen (secondary N) is 2. The number of hydrogen-bond acceptors (Lipinski definition) is 3. The van der Waals surface area contributed by atoms with Crippen molar-refractivity contribution < 1.29 is 10.1 Å². The van der Waals surface area contributed by atoms with Gasteiger partial charge >= 0.3 is 0 Å². The van der Waals surface area contributed by atoms with Crippen LogP contribution in [-0.4, -0.2) is 43.2 Å². The van der Waals surface area contributed by atoms with Crippen molar-refractivity contribution in [3.05, 3.63) is 11.4 Å². The molecule has 5 nitrogen and oxygen atoms in total. The van der Waals surface area contributed by atoms with Gasteiger partial charge in [-0.1, -0.05) is 0 Å². The summed E-state index contributed by atoms with van der Waals surface area (Å²) in [6, 6.07) is 0. The van der Waals surface area contributed by atoms with Crippen molar-refractivity contribution in [3.63, 3.8) is 0 Å². The molecule has 0 radical (unpaired) electrons. The number of hydrogen-bond donors (Lipinski definition) is 3. The van der Waals surface area contributed by atoms with E-state index in [2.05, 4.69) is 10.6 Å². The zero-order valence-electron chi connectivity index (χ0n) is 8.75. The van der Waals surface area contributed by atoms with E-state index in [1.165, 1.54) is 6.21 Å². The summed E-state index contributed by atoms with van der Waals surface area (Å²) in [5, 5.41) is 12.8. The summed E-state index contributed by atoms with van der Waals surface area (Å²) in [7, 11) is 0. The molecular formula is C10H17N4O+. The Hall–Kier alpha value is -1.20. The highest BCUT2D eigenvalue weighted by molar-refractivity contribution is 5.88. The van der Waals surface area contributed by atoms with Crippen molar-refractivity contribution in [2.24, 2.45) is 0 Å². The van der Waals surface area contributed by atoms with E-state index in [0.29, 0.717) is 6.42 Å². The van der Waals surface area contributed by atoms with Gasteiger partial charge in [-0.25, -0.2) is 0 Å². The smallest absolute Gasteiger partial charge is 0.227 e. The average Bonchev–Trinajstić information content (AvgIpc) is 2.68. The molecule has 2 aliphatic rings. The van der Waals surface area contributed by atoms with Gasteiger partial charge in [-0.05, 0) is 6.42 Å². The third-order valence-corrected chi connectivity index (χ3v) is 2.86. The molecule has 0 aromatic carbocycles. The van der Waals surface area contributed by atoms with Crippen LogP contribution in [0.25, 0.3) is 0 Å². The predicted octanol–water partition coefficient (Wildman–Crippen LogP) is -1.36. The summed E-state index contributed by atoms with van der Waals surface area (Å²) < 4.78 is 0. The van der Waals surface area contributed by atoms with Gasteiger partial charge in [-0.15, -0.1) is 0 Å². The number of quaternary nitrogens is 1. The lowest BCUT2D eigenvalue weighted by molar-refractivity contribution is -0.612. The molecule has 0 spiro atoms. The summed E-state index contributed by atoms with van der Waals surface area (Å²) in [5.74, 6) is 0.153. The number of amides is 1. The number of allylic oxidation sites excluding steroid dienone is 1. The van der Waals surface area contributed by atoms with Gasteiger partial charge in [-0.3, -0.25) is 4.79 Å². The highest BCUT2D eigenvalue weighted by Crippen LogP contribution is 2.15. The topological polar surface area (TPSA) is 72.8 Å². The van der Waals surface area contributed by atoms with E-state index >= 15 is 0 Å². The zero-order valence-corrected chi connectivity index (χ0v) is 8.75. The molecule has 0 aromatic rings. The Bertz CT molecular complexity index is 303. The third kappa shape index (κ3) is 2.08. The maximum absolute atomic E-state index is 11.6. The number of carbonyl (C=O) groups excluding carboxylic acids is 1. The third-order valence-electron chi connectivity index (χ3n) is 2.86. The number of piperazine rings is 1. The Morgan fingerprint density at radius 2 is 2.47 bits per heavy atom. The molecule has 82 valence electrons. The van der Waals surface area contributed by atoms with Crippen LogP contribution in [-0.2, 0) is 4.79 Å². The maximum Gasteiger partial charge on any atom is 0.227 e. The SMILES string of the molecule is N=CC(=C1CNCC[NH2+]1)N1CCCC1=O. The first-order valence-electron chi connectivity index (χ1n) is 5.41. The van der Waals surface area contributed by atoms with Crippen molar-refractivity contribution >= 4 is 12.1 Å². The molecule has 2 fully saturated rings. The van der Waals surface area contributed by atoms with Crippen LogP contribution in [0.5, 0.6) is 0 Å². The van der Waals surface area contributed by atoms with E-state index in [-0.39, 0.29) is 5.91 Å². The first-order chi connectivity index (χ1) is 7.33. The quantitative estimate of drug-likeness (QED) is 0.491. The Labute approximate surface area is 89.0 Å². The summed E-state index contributed by atoms with van der Waals surface area (Å²) >= 11 is 0. The molecule has 2 saturated heterocycles. The largest absolute Gasteiger partial charge is 0.313 e. The van der Waals surface area contributed by atoms with E-state index in [1.807, 2.05) is 0 Å². The molecule has 2 aliphatic heterocycles. The van der Waals surface area contributed by atoms with Crippen molar-refractivity contribution in [1.82, 2.24) is 10.2 Å². The van der Waals surface area contributed by atoms with E-state index in [0.717, 1.165) is 44.0 Å². The summed E-state index contributed by atoms with van der Waals surface area (Å²) in [6.07, 6.45) is 2.84. The molecule has 2 rings (SSSR count). The maximum atomic E-state index is 11.6. The van der Waals surface area contributed by atoms with Crippen LogP contribution in [0.15, 0.2) is 11.4 Å². The molecule has 4 N–H and O–H groups in total. The lowest BCUT2D eigenvalue weighted by Crippen LogP contribution is -2.88. The molecule has 0 aromatic heterocycles. The van der Waals surface area contributed by atoms with Gasteiger partial charge in [0.25, 0.3) is 0 Å². The highest BCUT2D eigenvalue weighted by atomic mass is 16.2. The van der Waals surface area contributed by atoms with Gasteiger partial charge in [0, 0.05) is 25.7 Å². The molecule has 5 heteroatoms. The predicted molar refractivity (Wildman–Crippen MR) is 56.4 cm³/mol. The highest BCUT2D eigenvalue weighted by Gasteiger charge is 2.27. The molecule has 0 saturated carbocycles. The van der Waals surface area contributed by atoms with Gasteiger partial charge in [0.2, 0.25) is 5.91 Å². The van der Waals surface area contributed by atoms with Crippen LogP contribution in [0, 0.1) is 5.41 Å². The lowest BCUT2D eigenvalue weighted by atomic mass is 10.2. The minimum absolute atomic E-state index is 0.153. The van der Waals surface area contributed by atoms with Crippen LogP contribution in [0.4, 0.5) is 0 Å². The Balaban J connectivity index is 2.20. The minimum Gasteiger partial charge on any atom is -0.313 e. The lowest BCUT2D eigenvalue weighted by Gasteiger charge is -2.21. The summed E-state index contributed by atoms with van der Waals surface area (Å²) in [5.41, 5.74) is 1.87. The number of rotatable bonds is 2. The number of likely N-dealkylation sites (tertiary alicyclic amines) is 1. The van der Waals surface area contributed by atoms with Gasteiger partial charge in [-0.2, -0.15) is 0 Å². The normalized spacial score (nSPS) is 25.6. The minimum atomic E-state index is 0.153. The van der Waals surface area contributed by atoms with Crippen molar-refractivity contribution in [3.8, 4) is 0 Å². The zero-order chi connectivity index (χ0) is 10.7. The molecule has 0 unspecified atom stereocenters. The van der Waals surface area contributed by atoms with Gasteiger partial charge in [0.05, 0.1) is 13.1 Å². The van der Waals surface area contributed by atoms with E-state index in [1.54, 1.807) is 4.90 Å². The number of nitrogens with zero attached hydrogens (tertiary/aromatic N) is 1. The Morgan fingerprint density at radius 1 is 1.60 bits per heavy atom. The van der Waals surface area contributed by atoms with Crippen LogP contribution >= 0.6 is 0 Å². The average molecular weight is 209 g/mol. The molecule has 1 amide bonds. The van der Waals surface area contributed by atoms with E-state index in [9.17, 15) is 4.79 Å². The van der Waals surface area contributed by atoms with Crippen molar-refractivity contribution in [2.45, 2.75) is 12.8 Å².